The minimum atomic E-state index is 0.0671. The third-order valence-corrected chi connectivity index (χ3v) is 5.27. The predicted octanol–water partition coefficient (Wildman–Crippen LogP) is 2.93. The molecular weight excluding hydrogens is 352 g/mol. The Bertz CT molecular complexity index is 630. The van der Waals surface area contributed by atoms with Gasteiger partial charge in [0, 0.05) is 45.1 Å². The Morgan fingerprint density at radius 1 is 1.29 bits per heavy atom. The monoisotopic (exact) mass is 388 g/mol. The van der Waals surface area contributed by atoms with Crippen LogP contribution in [0.5, 0.6) is 0 Å². The van der Waals surface area contributed by atoms with Crippen LogP contribution in [0, 0.1) is 12.8 Å². The molecule has 1 aromatic carbocycles. The molecule has 0 aromatic heterocycles. The number of aryl methyl sites for hydroxylation is 1. The number of ether oxygens (including phenoxy) is 1. The SMILES string of the molecule is CCC(C)NC(=O)CCNC(=NC)NCC1CCCOC1c1ccc(C)cc1. The minimum Gasteiger partial charge on any atom is -0.373 e. The number of nitrogens with zero attached hydrogens (tertiary/aromatic N) is 1. The second-order valence-corrected chi connectivity index (χ2v) is 7.61. The second kappa shape index (κ2) is 11.7. The summed E-state index contributed by atoms with van der Waals surface area (Å²) in [6.07, 6.45) is 3.69. The topological polar surface area (TPSA) is 74.8 Å². The maximum atomic E-state index is 11.9. The van der Waals surface area contributed by atoms with E-state index in [2.05, 4.69) is 59.1 Å². The van der Waals surface area contributed by atoms with Crippen molar-refractivity contribution in [1.82, 2.24) is 16.0 Å². The van der Waals surface area contributed by atoms with E-state index in [-0.39, 0.29) is 18.1 Å². The van der Waals surface area contributed by atoms with Crippen molar-refractivity contribution < 1.29 is 9.53 Å². The minimum absolute atomic E-state index is 0.0671. The lowest BCUT2D eigenvalue weighted by atomic mass is 9.89. The molecule has 0 aliphatic carbocycles. The number of hydrogen-bond donors (Lipinski definition) is 3. The van der Waals surface area contributed by atoms with Gasteiger partial charge in [0.1, 0.15) is 0 Å². The Kier molecular flexibility index (Phi) is 9.28. The van der Waals surface area contributed by atoms with Crippen LogP contribution in [-0.2, 0) is 9.53 Å². The molecule has 3 unspecified atom stereocenters. The maximum Gasteiger partial charge on any atom is 0.221 e. The summed E-state index contributed by atoms with van der Waals surface area (Å²) >= 11 is 0. The third-order valence-electron chi connectivity index (χ3n) is 5.27. The summed E-state index contributed by atoms with van der Waals surface area (Å²) < 4.78 is 6.09. The van der Waals surface area contributed by atoms with Crippen molar-refractivity contribution in [2.24, 2.45) is 10.9 Å². The lowest BCUT2D eigenvalue weighted by Gasteiger charge is -2.32. The van der Waals surface area contributed by atoms with Crippen molar-refractivity contribution >= 4 is 11.9 Å². The highest BCUT2D eigenvalue weighted by atomic mass is 16.5. The number of hydrogen-bond acceptors (Lipinski definition) is 3. The van der Waals surface area contributed by atoms with Gasteiger partial charge in [-0.25, -0.2) is 0 Å². The molecule has 1 amide bonds. The number of carbonyl (C=O) groups excluding carboxylic acids is 1. The van der Waals surface area contributed by atoms with Gasteiger partial charge >= 0.3 is 0 Å². The first-order chi connectivity index (χ1) is 13.5. The lowest BCUT2D eigenvalue weighted by molar-refractivity contribution is -0.121. The first kappa shape index (κ1) is 22.2. The molecule has 0 bridgehead atoms. The molecule has 2 rings (SSSR count). The molecule has 0 spiro atoms. The zero-order valence-electron chi connectivity index (χ0n) is 17.8. The molecule has 1 heterocycles. The van der Waals surface area contributed by atoms with Crippen molar-refractivity contribution in [2.75, 3.05) is 26.7 Å². The molecule has 1 fully saturated rings. The van der Waals surface area contributed by atoms with Crippen molar-refractivity contribution in [1.29, 1.82) is 0 Å². The first-order valence-electron chi connectivity index (χ1n) is 10.5. The van der Waals surface area contributed by atoms with Gasteiger partial charge in [0.15, 0.2) is 5.96 Å². The van der Waals surface area contributed by atoms with Crippen LogP contribution >= 0.6 is 0 Å². The quantitative estimate of drug-likeness (QED) is 0.473. The molecule has 156 valence electrons. The van der Waals surface area contributed by atoms with E-state index in [0.29, 0.717) is 18.9 Å². The van der Waals surface area contributed by atoms with Crippen LogP contribution < -0.4 is 16.0 Å². The van der Waals surface area contributed by atoms with E-state index in [1.807, 2.05) is 6.92 Å². The number of rotatable bonds is 8. The highest BCUT2D eigenvalue weighted by Gasteiger charge is 2.27. The van der Waals surface area contributed by atoms with Gasteiger partial charge in [-0.3, -0.25) is 9.79 Å². The molecule has 28 heavy (non-hydrogen) atoms. The van der Waals surface area contributed by atoms with E-state index in [9.17, 15) is 4.79 Å². The zero-order chi connectivity index (χ0) is 20.4. The van der Waals surface area contributed by atoms with Crippen molar-refractivity contribution in [3.63, 3.8) is 0 Å². The van der Waals surface area contributed by atoms with Gasteiger partial charge in [-0.15, -0.1) is 0 Å². The molecule has 6 heteroatoms. The lowest BCUT2D eigenvalue weighted by Crippen LogP contribution is -2.43. The molecule has 3 atom stereocenters. The summed E-state index contributed by atoms with van der Waals surface area (Å²) in [4.78, 5) is 16.2. The molecule has 3 N–H and O–H groups in total. The van der Waals surface area contributed by atoms with Gasteiger partial charge in [-0.1, -0.05) is 36.8 Å². The fourth-order valence-electron chi connectivity index (χ4n) is 3.37. The Morgan fingerprint density at radius 3 is 2.71 bits per heavy atom. The maximum absolute atomic E-state index is 11.9. The summed E-state index contributed by atoms with van der Waals surface area (Å²) in [7, 11) is 1.75. The largest absolute Gasteiger partial charge is 0.373 e. The Labute approximate surface area is 169 Å². The summed E-state index contributed by atoms with van der Waals surface area (Å²) in [6, 6.07) is 8.84. The Morgan fingerprint density at radius 2 is 2.04 bits per heavy atom. The molecule has 6 nitrogen and oxygen atoms in total. The van der Waals surface area contributed by atoms with Crippen LogP contribution in [0.25, 0.3) is 0 Å². The smallest absolute Gasteiger partial charge is 0.221 e. The fourth-order valence-corrected chi connectivity index (χ4v) is 3.37. The molecule has 0 saturated carbocycles. The molecule has 0 radical (unpaired) electrons. The standard InChI is InChI=1S/C22H36N4O2/c1-5-17(3)26-20(27)12-13-24-22(23-4)25-15-19-7-6-14-28-21(19)18-10-8-16(2)9-11-18/h8-11,17,19,21H,5-7,12-15H2,1-4H3,(H,26,27)(H2,23,24,25). The van der Waals surface area contributed by atoms with Crippen LogP contribution in [0.1, 0.15) is 56.8 Å². The third kappa shape index (κ3) is 7.15. The number of nitrogens with one attached hydrogen (secondary N) is 3. The van der Waals surface area contributed by atoms with Crippen LogP contribution in [0.2, 0.25) is 0 Å². The van der Waals surface area contributed by atoms with Crippen molar-refractivity contribution in [3.05, 3.63) is 35.4 Å². The second-order valence-electron chi connectivity index (χ2n) is 7.61. The highest BCUT2D eigenvalue weighted by Crippen LogP contribution is 2.33. The molecule has 1 aliphatic rings. The number of amides is 1. The van der Waals surface area contributed by atoms with Gasteiger partial charge in [0.05, 0.1) is 6.10 Å². The van der Waals surface area contributed by atoms with Gasteiger partial charge in [0.25, 0.3) is 0 Å². The summed E-state index contributed by atoms with van der Waals surface area (Å²) in [5, 5.41) is 9.61. The van der Waals surface area contributed by atoms with Gasteiger partial charge in [0.2, 0.25) is 5.91 Å². The van der Waals surface area contributed by atoms with E-state index in [1.54, 1.807) is 7.05 Å². The molecule has 1 saturated heterocycles. The molecule has 1 aliphatic heterocycles. The van der Waals surface area contributed by atoms with Gasteiger partial charge in [-0.2, -0.15) is 0 Å². The first-order valence-corrected chi connectivity index (χ1v) is 10.5. The summed E-state index contributed by atoms with van der Waals surface area (Å²) in [6.45, 7) is 8.34. The predicted molar refractivity (Wildman–Crippen MR) is 114 cm³/mol. The Balaban J connectivity index is 1.80. The number of guanidine groups is 1. The number of aliphatic imine (C=N–C) groups is 1. The average molecular weight is 389 g/mol. The van der Waals surface area contributed by atoms with Crippen LogP contribution in [0.4, 0.5) is 0 Å². The van der Waals surface area contributed by atoms with Crippen LogP contribution in [0.15, 0.2) is 29.3 Å². The number of carbonyl (C=O) groups is 1. The number of benzene rings is 1. The van der Waals surface area contributed by atoms with E-state index < -0.39 is 0 Å². The van der Waals surface area contributed by atoms with Gasteiger partial charge < -0.3 is 20.7 Å². The zero-order valence-corrected chi connectivity index (χ0v) is 17.8. The molecular formula is C22H36N4O2. The van der Waals surface area contributed by atoms with E-state index in [4.69, 9.17) is 4.74 Å². The average Bonchev–Trinajstić information content (AvgIpc) is 2.71. The van der Waals surface area contributed by atoms with Crippen LogP contribution in [0.3, 0.4) is 0 Å². The van der Waals surface area contributed by atoms with E-state index in [1.165, 1.54) is 11.1 Å². The van der Waals surface area contributed by atoms with E-state index in [0.717, 1.165) is 38.4 Å². The van der Waals surface area contributed by atoms with Crippen molar-refractivity contribution in [3.8, 4) is 0 Å². The van der Waals surface area contributed by atoms with Crippen LogP contribution in [-0.4, -0.2) is 44.7 Å². The van der Waals surface area contributed by atoms with Gasteiger partial charge in [-0.05, 0) is 38.7 Å². The summed E-state index contributed by atoms with van der Waals surface area (Å²) in [5.41, 5.74) is 2.50. The Hall–Kier alpha value is -2.08. The normalized spacial score (nSPS) is 21.1. The van der Waals surface area contributed by atoms with E-state index >= 15 is 0 Å². The highest BCUT2D eigenvalue weighted by molar-refractivity contribution is 5.81. The van der Waals surface area contributed by atoms with Crippen molar-refractivity contribution in [2.45, 2.75) is 58.6 Å². The fraction of sp³-hybridized carbons (Fsp3) is 0.636. The molecule has 1 aromatic rings. The summed E-state index contributed by atoms with van der Waals surface area (Å²) in [5.74, 6) is 1.19.